The molecule has 31 heavy (non-hydrogen) atoms. The summed E-state index contributed by atoms with van der Waals surface area (Å²) in [6.45, 7) is 7.38. The summed E-state index contributed by atoms with van der Waals surface area (Å²) in [5, 5.41) is 3.20. The summed E-state index contributed by atoms with van der Waals surface area (Å²) in [7, 11) is -4.03. The van der Waals surface area contributed by atoms with Gasteiger partial charge in [-0.05, 0) is 30.3 Å². The van der Waals surface area contributed by atoms with E-state index in [2.05, 4.69) is 24.9 Å². The highest BCUT2D eigenvalue weighted by Gasteiger charge is 2.31. The highest BCUT2D eigenvalue weighted by Crippen LogP contribution is 2.44. The van der Waals surface area contributed by atoms with Crippen molar-refractivity contribution in [1.82, 2.24) is 9.71 Å². The predicted octanol–water partition coefficient (Wildman–Crippen LogP) is 4.48. The average molecular weight is 458 g/mol. The maximum Gasteiger partial charge on any atom is 0.266 e. The molecular formula is C20H13ClFN5O3S. The number of ether oxygens (including phenoxy) is 1. The number of guanidine groups is 1. The molecule has 0 radical (unpaired) electrons. The molecule has 0 saturated heterocycles. The van der Waals surface area contributed by atoms with E-state index in [0.717, 1.165) is 0 Å². The third kappa shape index (κ3) is 4.14. The first-order valence-electron chi connectivity index (χ1n) is 8.79. The SMILES string of the molecule is [C-]#[N+]c1ccc2c(c1Oc1ccccc1F)NC(=NCc1ncccc1Cl)NS2(=O)=O. The van der Waals surface area contributed by atoms with Gasteiger partial charge in [0.15, 0.2) is 17.3 Å². The van der Waals surface area contributed by atoms with Crippen molar-refractivity contribution in [2.24, 2.45) is 4.99 Å². The lowest BCUT2D eigenvalue weighted by Crippen LogP contribution is -2.40. The zero-order valence-electron chi connectivity index (χ0n) is 15.6. The van der Waals surface area contributed by atoms with Crippen LogP contribution < -0.4 is 14.8 Å². The molecule has 4 rings (SSSR count). The minimum Gasteiger partial charge on any atom is -0.463 e. The van der Waals surface area contributed by atoms with Crippen molar-refractivity contribution in [3.05, 3.63) is 82.7 Å². The number of halogens is 2. The molecule has 3 aromatic rings. The molecule has 0 bridgehead atoms. The molecule has 11 heteroatoms. The number of para-hydroxylation sites is 1. The maximum atomic E-state index is 14.1. The number of hydrogen-bond acceptors (Lipinski definition) is 5. The van der Waals surface area contributed by atoms with E-state index in [9.17, 15) is 12.8 Å². The summed E-state index contributed by atoms with van der Waals surface area (Å²) in [6.07, 6.45) is 1.54. The van der Waals surface area contributed by atoms with Crippen molar-refractivity contribution in [2.75, 3.05) is 5.32 Å². The number of pyridine rings is 1. The van der Waals surface area contributed by atoms with Gasteiger partial charge in [-0.1, -0.05) is 29.8 Å². The van der Waals surface area contributed by atoms with Crippen molar-refractivity contribution in [3.63, 3.8) is 0 Å². The second-order valence-electron chi connectivity index (χ2n) is 6.26. The Kier molecular flexibility index (Phi) is 5.46. The fraction of sp³-hybridized carbons (Fsp3) is 0.0500. The maximum absolute atomic E-state index is 14.1. The normalized spacial score (nSPS) is 15.3. The monoisotopic (exact) mass is 457 g/mol. The van der Waals surface area contributed by atoms with E-state index >= 15 is 0 Å². The molecular weight excluding hydrogens is 445 g/mol. The Bertz CT molecular complexity index is 1360. The molecule has 2 N–H and O–H groups in total. The fourth-order valence-corrected chi connectivity index (χ4v) is 4.13. The van der Waals surface area contributed by atoms with Gasteiger partial charge >= 0.3 is 0 Å². The van der Waals surface area contributed by atoms with Gasteiger partial charge in [-0.15, -0.1) is 0 Å². The third-order valence-electron chi connectivity index (χ3n) is 4.25. The van der Waals surface area contributed by atoms with E-state index in [1.807, 2.05) is 0 Å². The van der Waals surface area contributed by atoms with Gasteiger partial charge in [-0.2, -0.15) is 0 Å². The second kappa shape index (κ2) is 8.22. The number of nitrogens with one attached hydrogen (secondary N) is 2. The molecule has 0 fully saturated rings. The molecule has 1 aliphatic rings. The minimum absolute atomic E-state index is 0.00118. The fourth-order valence-electron chi connectivity index (χ4n) is 2.81. The first-order valence-corrected chi connectivity index (χ1v) is 10.7. The van der Waals surface area contributed by atoms with Crippen LogP contribution in [0.2, 0.25) is 5.02 Å². The standard InChI is InChI=1S/C20H13ClFN5O3S/c1-23-14-8-9-17-18(19(14)30-16-7-3-2-6-13(16)22)26-20(27-31(17,28)29)25-11-15-12(21)5-4-10-24-15/h2-10H,11H2,(H2,25,26,27). The van der Waals surface area contributed by atoms with E-state index in [4.69, 9.17) is 22.9 Å². The van der Waals surface area contributed by atoms with Gasteiger partial charge < -0.3 is 10.1 Å². The first kappa shape index (κ1) is 20.6. The van der Waals surface area contributed by atoms with Crippen molar-refractivity contribution in [1.29, 1.82) is 0 Å². The smallest absolute Gasteiger partial charge is 0.266 e. The summed E-state index contributed by atoms with van der Waals surface area (Å²) in [5.41, 5.74) is 0.418. The molecule has 0 amide bonds. The van der Waals surface area contributed by atoms with E-state index in [-0.39, 0.29) is 40.3 Å². The van der Waals surface area contributed by atoms with Crippen molar-refractivity contribution < 1.29 is 17.5 Å². The van der Waals surface area contributed by atoms with Crippen LogP contribution in [0.1, 0.15) is 5.69 Å². The van der Waals surface area contributed by atoms with E-state index in [1.165, 1.54) is 36.5 Å². The van der Waals surface area contributed by atoms with Gasteiger partial charge in [0.1, 0.15) is 4.90 Å². The number of benzene rings is 2. The van der Waals surface area contributed by atoms with Crippen LogP contribution in [0.4, 0.5) is 15.8 Å². The van der Waals surface area contributed by atoms with Gasteiger partial charge in [-0.3, -0.25) is 4.98 Å². The molecule has 0 atom stereocenters. The Morgan fingerprint density at radius 2 is 2.00 bits per heavy atom. The topological polar surface area (TPSA) is 97.0 Å². The van der Waals surface area contributed by atoms with Gasteiger partial charge in [0, 0.05) is 6.20 Å². The van der Waals surface area contributed by atoms with Crippen LogP contribution in [0.5, 0.6) is 11.5 Å². The van der Waals surface area contributed by atoms with Crippen LogP contribution in [0.3, 0.4) is 0 Å². The lowest BCUT2D eigenvalue weighted by atomic mass is 10.2. The highest BCUT2D eigenvalue weighted by molar-refractivity contribution is 7.90. The average Bonchev–Trinajstić information content (AvgIpc) is 2.74. The number of fused-ring (bicyclic) bond motifs is 1. The number of sulfonamides is 1. The number of rotatable bonds is 4. The quantitative estimate of drug-likeness (QED) is 0.563. The van der Waals surface area contributed by atoms with Crippen molar-refractivity contribution >= 4 is 39.0 Å². The van der Waals surface area contributed by atoms with Gasteiger partial charge in [0.2, 0.25) is 11.6 Å². The minimum atomic E-state index is -4.03. The van der Waals surface area contributed by atoms with Crippen LogP contribution in [0.25, 0.3) is 4.85 Å². The van der Waals surface area contributed by atoms with Gasteiger partial charge in [-0.25, -0.2) is 27.4 Å². The van der Waals surface area contributed by atoms with Gasteiger partial charge in [0.25, 0.3) is 10.0 Å². The Balaban J connectivity index is 1.77. The Morgan fingerprint density at radius 3 is 2.74 bits per heavy atom. The summed E-state index contributed by atoms with van der Waals surface area (Å²) in [4.78, 5) is 11.5. The molecule has 156 valence electrons. The highest BCUT2D eigenvalue weighted by atomic mass is 35.5. The molecule has 2 heterocycles. The largest absolute Gasteiger partial charge is 0.463 e. The molecule has 0 unspecified atom stereocenters. The molecule has 0 aliphatic carbocycles. The second-order valence-corrected chi connectivity index (χ2v) is 8.32. The lowest BCUT2D eigenvalue weighted by molar-refractivity contribution is 0.445. The summed E-state index contributed by atoms with van der Waals surface area (Å²) < 4.78 is 47.6. The number of hydrogen-bond donors (Lipinski definition) is 2. The molecule has 0 spiro atoms. The van der Waals surface area contributed by atoms with Crippen molar-refractivity contribution in [2.45, 2.75) is 11.4 Å². The molecule has 1 aromatic heterocycles. The molecule has 1 aliphatic heterocycles. The zero-order chi connectivity index (χ0) is 22.0. The molecule has 0 saturated carbocycles. The van der Waals surface area contributed by atoms with Crippen molar-refractivity contribution in [3.8, 4) is 11.5 Å². The van der Waals surface area contributed by atoms with E-state index in [0.29, 0.717) is 10.7 Å². The Hall–Kier alpha value is -3.68. The first-order chi connectivity index (χ1) is 14.9. The van der Waals surface area contributed by atoms with E-state index in [1.54, 1.807) is 18.2 Å². The number of aromatic nitrogens is 1. The number of nitrogens with zero attached hydrogens (tertiary/aromatic N) is 3. The van der Waals surface area contributed by atoms with Gasteiger partial charge in [0.05, 0.1) is 29.5 Å². The zero-order valence-corrected chi connectivity index (χ0v) is 17.2. The third-order valence-corrected chi connectivity index (χ3v) is 5.98. The lowest BCUT2D eigenvalue weighted by Gasteiger charge is -2.24. The van der Waals surface area contributed by atoms with Crippen LogP contribution in [0.15, 0.2) is 64.6 Å². The molecule has 2 aromatic carbocycles. The summed E-state index contributed by atoms with van der Waals surface area (Å²) in [6, 6.07) is 11.5. The van der Waals surface area contributed by atoms with Crippen LogP contribution in [-0.2, 0) is 16.6 Å². The number of aliphatic imine (C=N–C) groups is 1. The van der Waals surface area contributed by atoms with Crippen LogP contribution in [0, 0.1) is 12.4 Å². The van der Waals surface area contributed by atoms with E-state index < -0.39 is 15.8 Å². The Morgan fingerprint density at radius 1 is 1.19 bits per heavy atom. The van der Waals surface area contributed by atoms with Crippen LogP contribution in [-0.4, -0.2) is 19.4 Å². The van der Waals surface area contributed by atoms with Crippen LogP contribution >= 0.6 is 11.6 Å². The molecule has 8 nitrogen and oxygen atoms in total. The summed E-state index contributed by atoms with van der Waals surface area (Å²) >= 11 is 6.07. The predicted molar refractivity (Wildman–Crippen MR) is 114 cm³/mol. The Labute approximate surface area is 182 Å². The summed E-state index contributed by atoms with van der Waals surface area (Å²) in [5.74, 6) is -1.07. The number of anilines is 1.